The lowest BCUT2D eigenvalue weighted by Crippen LogP contribution is -2.31. The van der Waals surface area contributed by atoms with Gasteiger partial charge in [0, 0.05) is 0 Å². The van der Waals surface area contributed by atoms with Crippen molar-refractivity contribution in [2.75, 3.05) is 12.4 Å². The third kappa shape index (κ3) is 3.95. The number of halogens is 1. The van der Waals surface area contributed by atoms with Gasteiger partial charge in [-0.1, -0.05) is 24.3 Å². The van der Waals surface area contributed by atoms with Crippen LogP contribution in [0.15, 0.2) is 48.5 Å². The first-order chi connectivity index (χ1) is 10.1. The number of urea groups is 1. The van der Waals surface area contributed by atoms with Crippen molar-refractivity contribution in [1.29, 1.82) is 0 Å². The second-order valence-corrected chi connectivity index (χ2v) is 4.57. The summed E-state index contributed by atoms with van der Waals surface area (Å²) in [6.07, 6.45) is 0. The number of methoxy groups -OCH3 is 1. The zero-order valence-corrected chi connectivity index (χ0v) is 11.9. The SMILES string of the molecule is COc1ccccc1NC(=O)NC(C)c1ccc(F)cc1. The van der Waals surface area contributed by atoms with Crippen LogP contribution >= 0.6 is 0 Å². The maximum Gasteiger partial charge on any atom is 0.319 e. The molecule has 110 valence electrons. The van der Waals surface area contributed by atoms with Crippen molar-refractivity contribution < 1.29 is 13.9 Å². The molecule has 21 heavy (non-hydrogen) atoms. The molecule has 2 aromatic rings. The fourth-order valence-corrected chi connectivity index (χ4v) is 1.94. The number of rotatable bonds is 4. The molecule has 0 fully saturated rings. The molecule has 0 spiro atoms. The number of nitrogens with one attached hydrogen (secondary N) is 2. The predicted molar refractivity (Wildman–Crippen MR) is 80.0 cm³/mol. The van der Waals surface area contributed by atoms with Gasteiger partial charge in [0.15, 0.2) is 0 Å². The van der Waals surface area contributed by atoms with E-state index < -0.39 is 0 Å². The number of anilines is 1. The first kappa shape index (κ1) is 14.8. The summed E-state index contributed by atoms with van der Waals surface area (Å²) >= 11 is 0. The highest BCUT2D eigenvalue weighted by atomic mass is 19.1. The van der Waals surface area contributed by atoms with Gasteiger partial charge in [-0.15, -0.1) is 0 Å². The lowest BCUT2D eigenvalue weighted by Gasteiger charge is -2.16. The minimum absolute atomic E-state index is 0.236. The molecule has 4 nitrogen and oxygen atoms in total. The van der Waals surface area contributed by atoms with E-state index in [4.69, 9.17) is 4.74 Å². The average molecular weight is 288 g/mol. The molecule has 0 radical (unpaired) electrons. The van der Waals surface area contributed by atoms with Gasteiger partial charge in [-0.3, -0.25) is 0 Å². The summed E-state index contributed by atoms with van der Waals surface area (Å²) < 4.78 is 18.0. The molecular weight excluding hydrogens is 271 g/mol. The molecule has 1 atom stereocenters. The van der Waals surface area contributed by atoms with E-state index in [1.807, 2.05) is 19.1 Å². The Morgan fingerprint density at radius 1 is 1.14 bits per heavy atom. The van der Waals surface area contributed by atoms with Crippen LogP contribution in [-0.4, -0.2) is 13.1 Å². The minimum atomic E-state index is -0.351. The van der Waals surface area contributed by atoms with Crippen LogP contribution in [0.25, 0.3) is 0 Å². The normalized spacial score (nSPS) is 11.6. The summed E-state index contributed by atoms with van der Waals surface area (Å²) in [6, 6.07) is 12.6. The zero-order chi connectivity index (χ0) is 15.2. The smallest absolute Gasteiger partial charge is 0.319 e. The first-order valence-corrected chi connectivity index (χ1v) is 6.56. The van der Waals surface area contributed by atoms with Crippen molar-refractivity contribution in [2.45, 2.75) is 13.0 Å². The molecule has 0 aliphatic carbocycles. The van der Waals surface area contributed by atoms with Crippen LogP contribution in [0.3, 0.4) is 0 Å². The molecule has 2 rings (SSSR count). The van der Waals surface area contributed by atoms with Crippen LogP contribution in [0.4, 0.5) is 14.9 Å². The number of hydrogen-bond acceptors (Lipinski definition) is 2. The molecular formula is C16H17FN2O2. The fourth-order valence-electron chi connectivity index (χ4n) is 1.94. The van der Waals surface area contributed by atoms with E-state index in [9.17, 15) is 9.18 Å². The first-order valence-electron chi connectivity index (χ1n) is 6.56. The molecule has 0 heterocycles. The van der Waals surface area contributed by atoms with E-state index in [0.717, 1.165) is 5.56 Å². The van der Waals surface area contributed by atoms with Gasteiger partial charge in [0.05, 0.1) is 18.8 Å². The highest BCUT2D eigenvalue weighted by molar-refractivity contribution is 5.91. The van der Waals surface area contributed by atoms with Gasteiger partial charge in [-0.05, 0) is 36.8 Å². The number of ether oxygens (including phenoxy) is 1. The second kappa shape index (κ2) is 6.74. The van der Waals surface area contributed by atoms with E-state index >= 15 is 0 Å². The largest absolute Gasteiger partial charge is 0.495 e. The van der Waals surface area contributed by atoms with Crippen molar-refractivity contribution in [3.05, 3.63) is 59.9 Å². The third-order valence-electron chi connectivity index (χ3n) is 3.07. The Hall–Kier alpha value is -2.56. The highest BCUT2D eigenvalue weighted by Crippen LogP contribution is 2.23. The van der Waals surface area contributed by atoms with Crippen molar-refractivity contribution >= 4 is 11.7 Å². The Labute approximate surface area is 122 Å². The number of carbonyl (C=O) groups excluding carboxylic acids is 1. The highest BCUT2D eigenvalue weighted by Gasteiger charge is 2.11. The van der Waals surface area contributed by atoms with E-state index in [0.29, 0.717) is 11.4 Å². The Bertz CT molecular complexity index is 614. The minimum Gasteiger partial charge on any atom is -0.495 e. The third-order valence-corrected chi connectivity index (χ3v) is 3.07. The summed E-state index contributed by atoms with van der Waals surface area (Å²) in [5.74, 6) is 0.284. The van der Waals surface area contributed by atoms with Crippen molar-refractivity contribution in [3.63, 3.8) is 0 Å². The predicted octanol–water partition coefficient (Wildman–Crippen LogP) is 3.72. The summed E-state index contributed by atoms with van der Waals surface area (Å²) in [5.41, 5.74) is 1.41. The van der Waals surface area contributed by atoms with Gasteiger partial charge in [0.25, 0.3) is 0 Å². The van der Waals surface area contributed by atoms with Crippen LogP contribution in [0.5, 0.6) is 5.75 Å². The lowest BCUT2D eigenvalue weighted by molar-refractivity contribution is 0.249. The molecule has 0 aromatic heterocycles. The summed E-state index contributed by atoms with van der Waals surface area (Å²) in [4.78, 5) is 12.0. The lowest BCUT2D eigenvalue weighted by atomic mass is 10.1. The molecule has 0 aliphatic heterocycles. The monoisotopic (exact) mass is 288 g/mol. The maximum absolute atomic E-state index is 12.9. The molecule has 2 N–H and O–H groups in total. The molecule has 0 aliphatic rings. The molecule has 0 saturated carbocycles. The van der Waals surface area contributed by atoms with E-state index in [2.05, 4.69) is 10.6 Å². The summed E-state index contributed by atoms with van der Waals surface area (Å²) in [7, 11) is 1.54. The van der Waals surface area contributed by atoms with Crippen molar-refractivity contribution in [3.8, 4) is 5.75 Å². The summed E-state index contributed by atoms with van der Waals surface area (Å²) in [5, 5.41) is 5.51. The van der Waals surface area contributed by atoms with Gasteiger partial charge in [-0.25, -0.2) is 9.18 Å². The Balaban J connectivity index is 1.99. The molecule has 0 saturated heterocycles. The Morgan fingerprint density at radius 3 is 2.48 bits per heavy atom. The zero-order valence-electron chi connectivity index (χ0n) is 11.9. The summed E-state index contributed by atoms with van der Waals surface area (Å²) in [6.45, 7) is 1.83. The van der Waals surface area contributed by atoms with Gasteiger partial charge >= 0.3 is 6.03 Å². The number of carbonyl (C=O) groups is 1. The Kier molecular flexibility index (Phi) is 4.77. The van der Waals surface area contributed by atoms with Crippen LogP contribution in [0.1, 0.15) is 18.5 Å². The Morgan fingerprint density at radius 2 is 1.81 bits per heavy atom. The number of amides is 2. The number of benzene rings is 2. The van der Waals surface area contributed by atoms with Gasteiger partial charge < -0.3 is 15.4 Å². The van der Waals surface area contributed by atoms with E-state index in [-0.39, 0.29) is 17.9 Å². The number of para-hydroxylation sites is 2. The van der Waals surface area contributed by atoms with Gasteiger partial charge in [0.2, 0.25) is 0 Å². The van der Waals surface area contributed by atoms with E-state index in [1.165, 1.54) is 12.1 Å². The second-order valence-electron chi connectivity index (χ2n) is 4.57. The molecule has 0 bridgehead atoms. The molecule has 1 unspecified atom stereocenters. The van der Waals surface area contributed by atoms with Gasteiger partial charge in [0.1, 0.15) is 11.6 Å². The maximum atomic E-state index is 12.9. The van der Waals surface area contributed by atoms with Crippen LogP contribution < -0.4 is 15.4 Å². The fraction of sp³-hybridized carbons (Fsp3) is 0.188. The van der Waals surface area contributed by atoms with Crippen molar-refractivity contribution in [2.24, 2.45) is 0 Å². The van der Waals surface area contributed by atoms with E-state index in [1.54, 1.807) is 31.4 Å². The molecule has 2 aromatic carbocycles. The van der Waals surface area contributed by atoms with Gasteiger partial charge in [-0.2, -0.15) is 0 Å². The topological polar surface area (TPSA) is 50.4 Å². The van der Waals surface area contributed by atoms with Crippen LogP contribution in [-0.2, 0) is 0 Å². The average Bonchev–Trinajstić information content (AvgIpc) is 2.48. The quantitative estimate of drug-likeness (QED) is 0.901. The molecule has 5 heteroatoms. The molecule has 2 amide bonds. The number of hydrogen-bond donors (Lipinski definition) is 2. The standard InChI is InChI=1S/C16H17FN2O2/c1-11(12-7-9-13(17)10-8-12)18-16(20)19-14-5-3-4-6-15(14)21-2/h3-11H,1-2H3,(H2,18,19,20). The van der Waals surface area contributed by atoms with Crippen LogP contribution in [0.2, 0.25) is 0 Å². The van der Waals surface area contributed by atoms with Crippen LogP contribution in [0, 0.1) is 5.82 Å². The van der Waals surface area contributed by atoms with Crippen molar-refractivity contribution in [1.82, 2.24) is 5.32 Å².